The summed E-state index contributed by atoms with van der Waals surface area (Å²) in [5.74, 6) is 0. The summed E-state index contributed by atoms with van der Waals surface area (Å²) >= 11 is 3.12. The van der Waals surface area contributed by atoms with Crippen LogP contribution >= 0.6 is 15.9 Å². The Labute approximate surface area is 96.1 Å². The average Bonchev–Trinajstić information content (AvgIpc) is 2.18. The minimum Gasteiger partial charge on any atom is -0.330 e. The molecule has 0 amide bonds. The molecule has 0 heterocycles. The van der Waals surface area contributed by atoms with Crippen LogP contribution in [0.2, 0.25) is 0 Å². The van der Waals surface area contributed by atoms with E-state index in [4.69, 9.17) is 5.73 Å². The van der Waals surface area contributed by atoms with E-state index < -0.39 is 4.92 Å². The maximum Gasteiger partial charge on any atom is 0.284 e. The molecule has 0 saturated heterocycles. The molecule has 0 aliphatic rings. The lowest BCUT2D eigenvalue weighted by atomic mass is 10.0. The molecule has 0 aliphatic carbocycles. The van der Waals surface area contributed by atoms with E-state index in [0.717, 1.165) is 11.1 Å². The van der Waals surface area contributed by atoms with Gasteiger partial charge in [0, 0.05) is 6.07 Å². The van der Waals surface area contributed by atoms with Crippen LogP contribution in [0.3, 0.4) is 0 Å². The molecule has 0 spiro atoms. The summed E-state index contributed by atoms with van der Waals surface area (Å²) in [6, 6.07) is 4.94. The summed E-state index contributed by atoms with van der Waals surface area (Å²) in [4.78, 5) is 10.2. The zero-order valence-electron chi connectivity index (χ0n) is 8.07. The van der Waals surface area contributed by atoms with Crippen LogP contribution in [-0.2, 0) is 0 Å². The second-order valence-corrected chi connectivity index (χ2v) is 3.92. The quantitative estimate of drug-likeness (QED) is 0.676. The Morgan fingerprint density at radius 3 is 2.80 bits per heavy atom. The molecule has 1 rings (SSSR count). The molecule has 0 atom stereocenters. The highest BCUT2D eigenvalue weighted by Crippen LogP contribution is 2.28. The van der Waals surface area contributed by atoms with Crippen molar-refractivity contribution in [3.05, 3.63) is 44.9 Å². The fourth-order valence-corrected chi connectivity index (χ4v) is 1.58. The van der Waals surface area contributed by atoms with Crippen LogP contribution in [0.25, 0.3) is 5.57 Å². The summed E-state index contributed by atoms with van der Waals surface area (Å²) < 4.78 is 0.469. The number of nitro benzene ring substituents is 1. The van der Waals surface area contributed by atoms with Gasteiger partial charge in [0.15, 0.2) is 0 Å². The van der Waals surface area contributed by atoms with E-state index >= 15 is 0 Å². The summed E-state index contributed by atoms with van der Waals surface area (Å²) in [5.41, 5.74) is 7.01. The monoisotopic (exact) mass is 270 g/mol. The number of nitro groups is 1. The Morgan fingerprint density at radius 2 is 2.27 bits per heavy atom. The Kier molecular flexibility index (Phi) is 3.99. The van der Waals surface area contributed by atoms with Gasteiger partial charge in [-0.1, -0.05) is 12.6 Å². The van der Waals surface area contributed by atoms with Gasteiger partial charge in [0.25, 0.3) is 5.69 Å². The van der Waals surface area contributed by atoms with E-state index in [1.54, 1.807) is 12.1 Å². The van der Waals surface area contributed by atoms with E-state index in [-0.39, 0.29) is 5.69 Å². The van der Waals surface area contributed by atoms with E-state index in [9.17, 15) is 10.1 Å². The Balaban J connectivity index is 3.07. The SMILES string of the molecule is C=C(CCN)c1ccc(Br)c([N+](=O)[O-])c1. The van der Waals surface area contributed by atoms with Crippen molar-refractivity contribution < 1.29 is 4.92 Å². The van der Waals surface area contributed by atoms with Crippen LogP contribution in [0.4, 0.5) is 5.69 Å². The highest BCUT2D eigenvalue weighted by molar-refractivity contribution is 9.10. The molecular formula is C10H11BrN2O2. The topological polar surface area (TPSA) is 69.2 Å². The minimum absolute atomic E-state index is 0.0469. The molecule has 0 unspecified atom stereocenters. The van der Waals surface area contributed by atoms with Crippen molar-refractivity contribution in [1.29, 1.82) is 0 Å². The molecule has 80 valence electrons. The number of nitrogens with zero attached hydrogens (tertiary/aromatic N) is 1. The first-order valence-corrected chi connectivity index (χ1v) is 5.17. The fourth-order valence-electron chi connectivity index (χ4n) is 1.19. The molecule has 1 aromatic carbocycles. The third-order valence-corrected chi connectivity index (χ3v) is 2.67. The molecule has 1 aromatic rings. The van der Waals surface area contributed by atoms with Gasteiger partial charge in [-0.25, -0.2) is 0 Å². The number of hydrogen-bond acceptors (Lipinski definition) is 3. The number of nitrogens with two attached hydrogens (primary N) is 1. The van der Waals surface area contributed by atoms with Gasteiger partial charge in [-0.15, -0.1) is 0 Å². The molecule has 4 nitrogen and oxygen atoms in total. The zero-order valence-corrected chi connectivity index (χ0v) is 9.66. The summed E-state index contributed by atoms with van der Waals surface area (Å²) in [5, 5.41) is 10.7. The largest absolute Gasteiger partial charge is 0.330 e. The highest BCUT2D eigenvalue weighted by atomic mass is 79.9. The number of hydrogen-bond donors (Lipinski definition) is 1. The van der Waals surface area contributed by atoms with Crippen LogP contribution in [0, 0.1) is 10.1 Å². The molecule has 0 aromatic heterocycles. The molecule has 0 fully saturated rings. The van der Waals surface area contributed by atoms with Crippen LogP contribution in [-0.4, -0.2) is 11.5 Å². The molecular weight excluding hydrogens is 260 g/mol. The Hall–Kier alpha value is -1.20. The molecule has 0 aliphatic heterocycles. The first-order chi connectivity index (χ1) is 7.06. The average molecular weight is 271 g/mol. The van der Waals surface area contributed by atoms with Gasteiger partial charge in [0.05, 0.1) is 9.40 Å². The lowest BCUT2D eigenvalue weighted by Gasteiger charge is -2.04. The third kappa shape index (κ3) is 2.87. The highest BCUT2D eigenvalue weighted by Gasteiger charge is 2.12. The summed E-state index contributed by atoms with van der Waals surface area (Å²) in [6.45, 7) is 4.32. The predicted octanol–water partition coefficient (Wildman–Crippen LogP) is 2.72. The Bertz CT molecular complexity index is 404. The maximum atomic E-state index is 10.7. The molecule has 0 radical (unpaired) electrons. The number of rotatable bonds is 4. The molecule has 5 heteroatoms. The third-order valence-electron chi connectivity index (χ3n) is 2.00. The smallest absolute Gasteiger partial charge is 0.284 e. The van der Waals surface area contributed by atoms with E-state index in [1.807, 2.05) is 0 Å². The van der Waals surface area contributed by atoms with Crippen molar-refractivity contribution in [2.45, 2.75) is 6.42 Å². The van der Waals surface area contributed by atoms with Gasteiger partial charge in [-0.2, -0.15) is 0 Å². The van der Waals surface area contributed by atoms with E-state index in [2.05, 4.69) is 22.5 Å². The van der Waals surface area contributed by atoms with Crippen LogP contribution in [0.1, 0.15) is 12.0 Å². The van der Waals surface area contributed by atoms with Crippen LogP contribution in [0.5, 0.6) is 0 Å². The zero-order chi connectivity index (χ0) is 11.4. The predicted molar refractivity (Wildman–Crippen MR) is 63.5 cm³/mol. The van der Waals surface area contributed by atoms with Crippen LogP contribution in [0.15, 0.2) is 29.3 Å². The molecule has 15 heavy (non-hydrogen) atoms. The first kappa shape index (κ1) is 11.9. The summed E-state index contributed by atoms with van der Waals surface area (Å²) in [7, 11) is 0. The lowest BCUT2D eigenvalue weighted by Crippen LogP contribution is -1.99. The van der Waals surface area contributed by atoms with Gasteiger partial charge in [-0.05, 0) is 46.1 Å². The first-order valence-electron chi connectivity index (χ1n) is 4.38. The van der Waals surface area contributed by atoms with Crippen molar-refractivity contribution in [2.24, 2.45) is 5.73 Å². The standard InChI is InChI=1S/C10H11BrN2O2/c1-7(4-5-12)8-2-3-9(11)10(6-8)13(14)15/h2-3,6H,1,4-5,12H2. The second kappa shape index (κ2) is 5.04. The van der Waals surface area contributed by atoms with Gasteiger partial charge < -0.3 is 5.73 Å². The second-order valence-electron chi connectivity index (χ2n) is 3.07. The van der Waals surface area contributed by atoms with Crippen molar-refractivity contribution in [3.8, 4) is 0 Å². The fraction of sp³-hybridized carbons (Fsp3) is 0.200. The van der Waals surface area contributed by atoms with Crippen molar-refractivity contribution >= 4 is 27.2 Å². The number of benzene rings is 1. The van der Waals surface area contributed by atoms with E-state index in [0.29, 0.717) is 17.4 Å². The molecule has 0 bridgehead atoms. The van der Waals surface area contributed by atoms with Gasteiger partial charge in [0.2, 0.25) is 0 Å². The van der Waals surface area contributed by atoms with E-state index in [1.165, 1.54) is 6.07 Å². The summed E-state index contributed by atoms with van der Waals surface area (Å²) in [6.07, 6.45) is 0.638. The van der Waals surface area contributed by atoms with Crippen LogP contribution < -0.4 is 5.73 Å². The Morgan fingerprint density at radius 1 is 1.60 bits per heavy atom. The van der Waals surface area contributed by atoms with Crippen molar-refractivity contribution in [3.63, 3.8) is 0 Å². The minimum atomic E-state index is -0.427. The molecule has 0 saturated carbocycles. The maximum absolute atomic E-state index is 10.7. The van der Waals surface area contributed by atoms with Crippen molar-refractivity contribution in [1.82, 2.24) is 0 Å². The molecule has 2 N–H and O–H groups in total. The van der Waals surface area contributed by atoms with Crippen molar-refractivity contribution in [2.75, 3.05) is 6.54 Å². The van der Waals surface area contributed by atoms with Gasteiger partial charge in [0.1, 0.15) is 0 Å². The number of halogens is 1. The van der Waals surface area contributed by atoms with Gasteiger partial charge >= 0.3 is 0 Å². The normalized spacial score (nSPS) is 10.0. The van der Waals surface area contributed by atoms with Gasteiger partial charge in [-0.3, -0.25) is 10.1 Å². The lowest BCUT2D eigenvalue weighted by molar-refractivity contribution is -0.385.